The SMILES string of the molecule is FC(F)(F)COCCCSCC1CNC1. The van der Waals surface area contributed by atoms with Gasteiger partial charge in [0.2, 0.25) is 0 Å². The molecule has 0 radical (unpaired) electrons. The van der Waals surface area contributed by atoms with E-state index in [0.717, 1.165) is 30.5 Å². The monoisotopic (exact) mass is 243 g/mol. The van der Waals surface area contributed by atoms with Gasteiger partial charge in [0, 0.05) is 6.61 Å². The third-order valence-corrected chi connectivity index (χ3v) is 3.35. The van der Waals surface area contributed by atoms with E-state index >= 15 is 0 Å². The van der Waals surface area contributed by atoms with Crippen LogP contribution < -0.4 is 5.32 Å². The van der Waals surface area contributed by atoms with Gasteiger partial charge in [-0.2, -0.15) is 24.9 Å². The van der Waals surface area contributed by atoms with E-state index in [9.17, 15) is 13.2 Å². The smallest absolute Gasteiger partial charge is 0.372 e. The highest BCUT2D eigenvalue weighted by atomic mass is 32.2. The van der Waals surface area contributed by atoms with Crippen molar-refractivity contribution in [3.05, 3.63) is 0 Å². The fourth-order valence-electron chi connectivity index (χ4n) is 1.17. The number of halogens is 3. The molecule has 0 unspecified atom stereocenters. The number of nitrogens with one attached hydrogen (secondary N) is 1. The summed E-state index contributed by atoms with van der Waals surface area (Å²) in [6.45, 7) is 1.24. The van der Waals surface area contributed by atoms with Gasteiger partial charge in [0.25, 0.3) is 0 Å². The lowest BCUT2D eigenvalue weighted by atomic mass is 10.1. The summed E-state index contributed by atoms with van der Waals surface area (Å²) in [6.07, 6.45) is -3.49. The molecule has 1 N–H and O–H groups in total. The maximum Gasteiger partial charge on any atom is 0.411 e. The number of rotatable bonds is 7. The van der Waals surface area contributed by atoms with E-state index in [2.05, 4.69) is 10.1 Å². The quantitative estimate of drug-likeness (QED) is 0.690. The molecule has 0 aromatic heterocycles. The molecule has 2 nitrogen and oxygen atoms in total. The summed E-state index contributed by atoms with van der Waals surface area (Å²) in [5.41, 5.74) is 0. The lowest BCUT2D eigenvalue weighted by molar-refractivity contribution is -0.173. The molecule has 1 aliphatic heterocycles. The summed E-state index contributed by atoms with van der Waals surface area (Å²) in [7, 11) is 0. The fraction of sp³-hybridized carbons (Fsp3) is 1.00. The summed E-state index contributed by atoms with van der Waals surface area (Å²) in [5.74, 6) is 2.74. The Morgan fingerprint density at radius 2 is 2.07 bits per heavy atom. The minimum absolute atomic E-state index is 0.204. The predicted molar refractivity (Wildman–Crippen MR) is 55.2 cm³/mol. The third-order valence-electron chi connectivity index (χ3n) is 2.06. The molecule has 0 amide bonds. The highest BCUT2D eigenvalue weighted by molar-refractivity contribution is 7.99. The largest absolute Gasteiger partial charge is 0.411 e. The van der Waals surface area contributed by atoms with Gasteiger partial charge in [-0.3, -0.25) is 0 Å². The van der Waals surface area contributed by atoms with Crippen LogP contribution in [0.25, 0.3) is 0 Å². The van der Waals surface area contributed by atoms with Crippen molar-refractivity contribution in [3.8, 4) is 0 Å². The fourth-order valence-corrected chi connectivity index (χ4v) is 2.22. The molecule has 6 heteroatoms. The third kappa shape index (κ3) is 7.03. The first kappa shape index (κ1) is 13.1. The standard InChI is InChI=1S/C9H16F3NOS/c10-9(11,12)7-14-2-1-3-15-6-8-4-13-5-8/h8,13H,1-7H2. The van der Waals surface area contributed by atoms with Crippen LogP contribution in [-0.4, -0.2) is 44.0 Å². The zero-order chi connectivity index (χ0) is 11.1. The Labute approximate surface area is 91.9 Å². The van der Waals surface area contributed by atoms with Crippen LogP contribution in [0.4, 0.5) is 13.2 Å². The highest BCUT2D eigenvalue weighted by Crippen LogP contribution is 2.15. The lowest BCUT2D eigenvalue weighted by Crippen LogP contribution is -2.43. The summed E-state index contributed by atoms with van der Waals surface area (Å²) >= 11 is 1.79. The van der Waals surface area contributed by atoms with E-state index in [-0.39, 0.29) is 6.61 Å². The average molecular weight is 243 g/mol. The Morgan fingerprint density at radius 3 is 2.60 bits per heavy atom. The summed E-state index contributed by atoms with van der Waals surface area (Å²) < 4.78 is 39.5. The van der Waals surface area contributed by atoms with Crippen molar-refractivity contribution in [2.24, 2.45) is 5.92 Å². The summed E-state index contributed by atoms with van der Waals surface area (Å²) in [4.78, 5) is 0. The lowest BCUT2D eigenvalue weighted by Gasteiger charge is -2.26. The molecule has 0 spiro atoms. The molecule has 0 aromatic rings. The summed E-state index contributed by atoms with van der Waals surface area (Å²) in [5, 5.41) is 3.18. The van der Waals surface area contributed by atoms with Gasteiger partial charge in [-0.1, -0.05) is 0 Å². The molecule has 1 aliphatic rings. The van der Waals surface area contributed by atoms with E-state index in [1.807, 2.05) is 0 Å². The molecule has 0 aliphatic carbocycles. The second kappa shape index (κ2) is 6.60. The van der Waals surface area contributed by atoms with Crippen LogP contribution in [-0.2, 0) is 4.74 Å². The average Bonchev–Trinajstić information content (AvgIpc) is 2.04. The Morgan fingerprint density at radius 1 is 1.33 bits per heavy atom. The van der Waals surface area contributed by atoms with Crippen LogP contribution in [0.1, 0.15) is 6.42 Å². The van der Waals surface area contributed by atoms with Crippen LogP contribution >= 0.6 is 11.8 Å². The number of ether oxygens (including phenoxy) is 1. The molecule has 1 heterocycles. The topological polar surface area (TPSA) is 21.3 Å². The first-order valence-corrected chi connectivity index (χ1v) is 6.16. The molecular weight excluding hydrogens is 227 g/mol. The van der Waals surface area contributed by atoms with Crippen LogP contribution in [0.15, 0.2) is 0 Å². The van der Waals surface area contributed by atoms with Crippen LogP contribution in [0.5, 0.6) is 0 Å². The Bertz CT molecular complexity index is 173. The zero-order valence-corrected chi connectivity index (χ0v) is 9.29. The molecular formula is C9H16F3NOS. The maximum absolute atomic E-state index is 11.7. The van der Waals surface area contributed by atoms with Gasteiger partial charge in [0.05, 0.1) is 0 Å². The van der Waals surface area contributed by atoms with E-state index in [4.69, 9.17) is 0 Å². The number of hydrogen-bond donors (Lipinski definition) is 1. The van der Waals surface area contributed by atoms with Crippen molar-refractivity contribution in [1.29, 1.82) is 0 Å². The van der Waals surface area contributed by atoms with E-state index in [1.54, 1.807) is 11.8 Å². The molecule has 0 aromatic carbocycles. The Hall–Kier alpha value is 0.0600. The molecule has 90 valence electrons. The zero-order valence-electron chi connectivity index (χ0n) is 8.48. The molecule has 1 saturated heterocycles. The van der Waals surface area contributed by atoms with Crippen molar-refractivity contribution >= 4 is 11.8 Å². The van der Waals surface area contributed by atoms with Gasteiger partial charge in [0.15, 0.2) is 0 Å². The predicted octanol–water partition coefficient (Wildman–Crippen LogP) is 1.91. The Kier molecular flexibility index (Phi) is 5.78. The van der Waals surface area contributed by atoms with Gasteiger partial charge in [0.1, 0.15) is 6.61 Å². The van der Waals surface area contributed by atoms with Crippen LogP contribution in [0.2, 0.25) is 0 Å². The van der Waals surface area contributed by atoms with Gasteiger partial charge in [-0.05, 0) is 36.9 Å². The van der Waals surface area contributed by atoms with Crippen molar-refractivity contribution < 1.29 is 17.9 Å². The summed E-state index contributed by atoms with van der Waals surface area (Å²) in [6, 6.07) is 0. The number of hydrogen-bond acceptors (Lipinski definition) is 3. The maximum atomic E-state index is 11.7. The van der Waals surface area contributed by atoms with Gasteiger partial charge in [-0.25, -0.2) is 0 Å². The molecule has 15 heavy (non-hydrogen) atoms. The van der Waals surface area contributed by atoms with E-state index < -0.39 is 12.8 Å². The molecule has 1 rings (SSSR count). The molecule has 0 atom stereocenters. The van der Waals surface area contributed by atoms with Crippen LogP contribution in [0.3, 0.4) is 0 Å². The second-order valence-electron chi connectivity index (χ2n) is 3.62. The molecule has 0 saturated carbocycles. The van der Waals surface area contributed by atoms with E-state index in [1.165, 1.54) is 0 Å². The molecule has 1 fully saturated rings. The first-order valence-electron chi connectivity index (χ1n) is 5.01. The molecule has 0 bridgehead atoms. The van der Waals surface area contributed by atoms with Crippen molar-refractivity contribution in [2.75, 3.05) is 37.8 Å². The van der Waals surface area contributed by atoms with Gasteiger partial charge >= 0.3 is 6.18 Å². The van der Waals surface area contributed by atoms with Gasteiger partial charge in [-0.15, -0.1) is 0 Å². The van der Waals surface area contributed by atoms with E-state index in [0.29, 0.717) is 6.42 Å². The normalized spacial score (nSPS) is 17.8. The second-order valence-corrected chi connectivity index (χ2v) is 4.77. The number of thioether (sulfide) groups is 1. The highest BCUT2D eigenvalue weighted by Gasteiger charge is 2.27. The minimum Gasteiger partial charge on any atom is -0.372 e. The van der Waals surface area contributed by atoms with Crippen molar-refractivity contribution in [3.63, 3.8) is 0 Å². The first-order chi connectivity index (χ1) is 7.08. The number of alkyl halides is 3. The minimum atomic E-state index is -4.19. The van der Waals surface area contributed by atoms with Gasteiger partial charge < -0.3 is 10.1 Å². The van der Waals surface area contributed by atoms with Crippen LogP contribution in [0, 0.1) is 5.92 Å². The Balaban J connectivity index is 1.76. The van der Waals surface area contributed by atoms with Crippen molar-refractivity contribution in [2.45, 2.75) is 12.6 Å². The van der Waals surface area contributed by atoms with Crippen molar-refractivity contribution in [1.82, 2.24) is 5.32 Å².